The van der Waals surface area contributed by atoms with E-state index in [0.717, 1.165) is 21.3 Å². The smallest absolute Gasteiger partial charge is 0.234 e. The number of hydrogen-bond donors (Lipinski definition) is 0. The van der Waals surface area contributed by atoms with E-state index in [9.17, 15) is 4.79 Å². The van der Waals surface area contributed by atoms with Gasteiger partial charge in [-0.3, -0.25) is 4.79 Å². The number of thioether (sulfide) groups is 1. The molecule has 0 unspecified atom stereocenters. The molecule has 1 atom stereocenters. The molecule has 2 aromatic carbocycles. The fraction of sp³-hybridized carbons (Fsp3) is 0.150. The lowest BCUT2D eigenvalue weighted by Crippen LogP contribution is -2.27. The summed E-state index contributed by atoms with van der Waals surface area (Å²) in [5.41, 5.74) is 3.42. The van der Waals surface area contributed by atoms with E-state index < -0.39 is 0 Å². The predicted octanol–water partition coefficient (Wildman–Crippen LogP) is 5.01. The van der Waals surface area contributed by atoms with Gasteiger partial charge in [0.1, 0.15) is 5.37 Å². The Morgan fingerprint density at radius 3 is 2.72 bits per heavy atom. The molecule has 3 nitrogen and oxygen atoms in total. The number of carbonyl (C=O) groups is 1. The average Bonchev–Trinajstić information content (AvgIpc) is 3.24. The summed E-state index contributed by atoms with van der Waals surface area (Å²) in [6.07, 6.45) is 4.18. The van der Waals surface area contributed by atoms with E-state index in [1.165, 1.54) is 0 Å². The van der Waals surface area contributed by atoms with Crippen molar-refractivity contribution in [3.63, 3.8) is 0 Å². The molecule has 5 heteroatoms. The van der Waals surface area contributed by atoms with Crippen LogP contribution in [0.5, 0.6) is 0 Å². The molecule has 25 heavy (non-hydrogen) atoms. The molecule has 0 spiro atoms. The molecule has 1 aliphatic heterocycles. The standard InChI is InChI=1S/C20H17BrN2OS/c21-17-7-4-8-18(11-17)22-10-9-16(13-22)20-23(19(24)14-25-20)12-15-5-2-1-3-6-15/h1-11,13,20H,12,14H2/t20-/m1/s1. The zero-order valence-electron chi connectivity index (χ0n) is 13.5. The highest BCUT2D eigenvalue weighted by atomic mass is 79.9. The molecule has 1 saturated heterocycles. The fourth-order valence-corrected chi connectivity index (χ4v) is 4.60. The third-order valence-corrected chi connectivity index (χ3v) is 6.02. The second-order valence-corrected chi connectivity index (χ2v) is 7.99. The van der Waals surface area contributed by atoms with Gasteiger partial charge in [0, 0.05) is 34.7 Å². The van der Waals surface area contributed by atoms with E-state index in [1.807, 2.05) is 35.2 Å². The van der Waals surface area contributed by atoms with Crippen LogP contribution in [0.3, 0.4) is 0 Å². The van der Waals surface area contributed by atoms with Gasteiger partial charge in [-0.25, -0.2) is 0 Å². The minimum Gasteiger partial charge on any atom is -0.323 e. The van der Waals surface area contributed by atoms with Crippen LogP contribution in [0.1, 0.15) is 16.5 Å². The number of benzene rings is 2. The molecule has 1 aliphatic rings. The molecule has 0 aliphatic carbocycles. The molecular weight excluding hydrogens is 396 g/mol. The quantitative estimate of drug-likeness (QED) is 0.601. The summed E-state index contributed by atoms with van der Waals surface area (Å²) in [7, 11) is 0. The molecule has 2 heterocycles. The lowest BCUT2D eigenvalue weighted by atomic mass is 10.2. The van der Waals surface area contributed by atoms with Gasteiger partial charge in [-0.2, -0.15) is 0 Å². The minimum atomic E-state index is 0.0705. The molecule has 0 bridgehead atoms. The topological polar surface area (TPSA) is 25.2 Å². The lowest BCUT2D eigenvalue weighted by molar-refractivity contribution is -0.128. The maximum absolute atomic E-state index is 12.4. The highest BCUT2D eigenvalue weighted by molar-refractivity contribution is 9.10. The van der Waals surface area contributed by atoms with Crippen molar-refractivity contribution in [2.45, 2.75) is 11.9 Å². The van der Waals surface area contributed by atoms with Gasteiger partial charge in [-0.1, -0.05) is 52.3 Å². The third kappa shape index (κ3) is 3.53. The Morgan fingerprint density at radius 2 is 1.92 bits per heavy atom. The number of amides is 1. The van der Waals surface area contributed by atoms with Gasteiger partial charge in [0.25, 0.3) is 0 Å². The van der Waals surface area contributed by atoms with Gasteiger partial charge in [0.15, 0.2) is 0 Å². The minimum absolute atomic E-state index is 0.0705. The first-order valence-corrected chi connectivity index (χ1v) is 9.94. The van der Waals surface area contributed by atoms with Crippen molar-refractivity contribution in [1.82, 2.24) is 9.47 Å². The zero-order valence-corrected chi connectivity index (χ0v) is 15.9. The average molecular weight is 413 g/mol. The monoisotopic (exact) mass is 412 g/mol. The van der Waals surface area contributed by atoms with Crippen molar-refractivity contribution in [1.29, 1.82) is 0 Å². The first-order chi connectivity index (χ1) is 12.2. The highest BCUT2D eigenvalue weighted by Gasteiger charge is 2.33. The molecule has 0 saturated carbocycles. The maximum Gasteiger partial charge on any atom is 0.234 e. The van der Waals surface area contributed by atoms with Crippen molar-refractivity contribution >= 4 is 33.6 Å². The SMILES string of the molecule is O=C1CS[C@H](c2ccn(-c3cccc(Br)c3)c2)N1Cc1ccccc1. The molecule has 1 amide bonds. The van der Waals surface area contributed by atoms with E-state index in [-0.39, 0.29) is 11.3 Å². The van der Waals surface area contributed by atoms with Crippen molar-refractivity contribution in [3.8, 4) is 5.69 Å². The Labute approximate surface area is 159 Å². The molecular formula is C20H17BrN2OS. The van der Waals surface area contributed by atoms with E-state index in [0.29, 0.717) is 12.3 Å². The Morgan fingerprint density at radius 1 is 1.08 bits per heavy atom. The Hall–Kier alpha value is -1.98. The number of halogens is 1. The van der Waals surface area contributed by atoms with Crippen LogP contribution >= 0.6 is 27.7 Å². The van der Waals surface area contributed by atoms with Gasteiger partial charge in [0.2, 0.25) is 5.91 Å². The van der Waals surface area contributed by atoms with Gasteiger partial charge >= 0.3 is 0 Å². The van der Waals surface area contributed by atoms with Gasteiger partial charge in [0.05, 0.1) is 5.75 Å². The summed E-state index contributed by atoms with van der Waals surface area (Å²) in [5, 5.41) is 0.0705. The van der Waals surface area contributed by atoms with Crippen LogP contribution in [0.25, 0.3) is 5.69 Å². The number of carbonyl (C=O) groups excluding carboxylic acids is 1. The van der Waals surface area contributed by atoms with E-state index in [4.69, 9.17) is 0 Å². The van der Waals surface area contributed by atoms with Crippen LogP contribution < -0.4 is 0 Å². The highest BCUT2D eigenvalue weighted by Crippen LogP contribution is 2.40. The molecule has 4 rings (SSSR count). The third-order valence-electron chi connectivity index (χ3n) is 4.27. The zero-order chi connectivity index (χ0) is 17.2. The second kappa shape index (κ2) is 7.10. The van der Waals surface area contributed by atoms with Gasteiger partial charge in [-0.15, -0.1) is 11.8 Å². The van der Waals surface area contributed by atoms with Crippen LogP contribution in [0, 0.1) is 0 Å². The predicted molar refractivity (Wildman–Crippen MR) is 106 cm³/mol. The van der Waals surface area contributed by atoms with Gasteiger partial charge in [-0.05, 0) is 29.8 Å². The summed E-state index contributed by atoms with van der Waals surface area (Å²) >= 11 is 5.21. The molecule has 3 aromatic rings. The molecule has 1 aromatic heterocycles. The maximum atomic E-state index is 12.4. The van der Waals surface area contributed by atoms with E-state index in [1.54, 1.807) is 11.8 Å². The summed E-state index contributed by atoms with van der Waals surface area (Å²) in [5.74, 6) is 0.744. The van der Waals surface area contributed by atoms with Crippen LogP contribution in [-0.4, -0.2) is 21.1 Å². The fourth-order valence-electron chi connectivity index (χ4n) is 3.04. The first-order valence-electron chi connectivity index (χ1n) is 8.09. The largest absolute Gasteiger partial charge is 0.323 e. The van der Waals surface area contributed by atoms with Crippen molar-refractivity contribution in [2.75, 3.05) is 5.75 Å². The van der Waals surface area contributed by atoms with Crippen molar-refractivity contribution < 1.29 is 4.79 Å². The first kappa shape index (κ1) is 16.5. The van der Waals surface area contributed by atoms with E-state index >= 15 is 0 Å². The Bertz CT molecular complexity index is 893. The Kier molecular flexibility index (Phi) is 4.68. The summed E-state index contributed by atoms with van der Waals surface area (Å²) in [6, 6.07) is 20.5. The number of rotatable bonds is 4. The molecule has 126 valence electrons. The number of aromatic nitrogens is 1. The van der Waals surface area contributed by atoms with Crippen molar-refractivity contribution in [2.24, 2.45) is 0 Å². The summed E-state index contributed by atoms with van der Waals surface area (Å²) in [4.78, 5) is 14.3. The van der Waals surface area contributed by atoms with Crippen LogP contribution in [0.2, 0.25) is 0 Å². The lowest BCUT2D eigenvalue weighted by Gasteiger charge is -2.23. The number of nitrogens with zero attached hydrogens (tertiary/aromatic N) is 2. The number of hydrogen-bond acceptors (Lipinski definition) is 2. The summed E-state index contributed by atoms with van der Waals surface area (Å²) in [6.45, 7) is 0.652. The van der Waals surface area contributed by atoms with E-state index in [2.05, 4.69) is 63.2 Å². The van der Waals surface area contributed by atoms with Crippen LogP contribution in [0.15, 0.2) is 77.5 Å². The molecule has 0 N–H and O–H groups in total. The van der Waals surface area contributed by atoms with Crippen molar-refractivity contribution in [3.05, 3.63) is 88.7 Å². The normalized spacial score (nSPS) is 17.2. The van der Waals surface area contributed by atoms with Crippen LogP contribution in [-0.2, 0) is 11.3 Å². The summed E-state index contributed by atoms with van der Waals surface area (Å²) < 4.78 is 3.15. The van der Waals surface area contributed by atoms with Crippen LogP contribution in [0.4, 0.5) is 0 Å². The second-order valence-electron chi connectivity index (χ2n) is 6.00. The Balaban J connectivity index is 1.59. The molecule has 1 fully saturated rings. The molecule has 0 radical (unpaired) electrons. The van der Waals surface area contributed by atoms with Gasteiger partial charge < -0.3 is 9.47 Å².